The van der Waals surface area contributed by atoms with Crippen molar-refractivity contribution < 1.29 is 0 Å². The summed E-state index contributed by atoms with van der Waals surface area (Å²) >= 11 is 6.25. The van der Waals surface area contributed by atoms with Crippen LogP contribution in [0, 0.1) is 0 Å². The predicted molar refractivity (Wildman–Crippen MR) is 65.5 cm³/mol. The molecule has 0 heterocycles. The summed E-state index contributed by atoms with van der Waals surface area (Å²) in [4.78, 5) is 0. The lowest BCUT2D eigenvalue weighted by Gasteiger charge is -2.32. The van der Waals surface area contributed by atoms with Crippen LogP contribution in [0.5, 0.6) is 0 Å². The van der Waals surface area contributed by atoms with E-state index in [0.717, 1.165) is 5.02 Å². The van der Waals surface area contributed by atoms with Gasteiger partial charge in [-0.15, -0.1) is 0 Å². The van der Waals surface area contributed by atoms with E-state index in [9.17, 15) is 0 Å². The average Bonchev–Trinajstić information content (AvgIpc) is 2.30. The summed E-state index contributed by atoms with van der Waals surface area (Å²) < 4.78 is 0. The van der Waals surface area contributed by atoms with E-state index >= 15 is 0 Å². The zero-order chi connectivity index (χ0) is 10.7. The number of hydrogen-bond donors (Lipinski definition) is 1. The number of benzene rings is 1. The summed E-state index contributed by atoms with van der Waals surface area (Å²) in [6.07, 6.45) is 5.20. The molecule has 0 aliphatic heterocycles. The van der Waals surface area contributed by atoms with E-state index in [0.29, 0.717) is 12.0 Å². The normalized spacial score (nSPS) is 26.5. The molecule has 1 N–H and O–H groups in total. The molecule has 0 spiro atoms. The van der Waals surface area contributed by atoms with Crippen molar-refractivity contribution in [2.45, 2.75) is 37.6 Å². The Labute approximate surface area is 96.8 Å². The Bertz CT molecular complexity index is 324. The van der Waals surface area contributed by atoms with Gasteiger partial charge in [0.15, 0.2) is 0 Å². The number of halogens is 1. The van der Waals surface area contributed by atoms with E-state index in [1.54, 1.807) is 0 Å². The Hall–Kier alpha value is -0.530. The molecule has 1 fully saturated rings. The number of likely N-dealkylation sites (N-methyl/N-ethyl adjacent to an activating group) is 1. The van der Waals surface area contributed by atoms with Gasteiger partial charge in [-0.3, -0.25) is 0 Å². The van der Waals surface area contributed by atoms with E-state index in [-0.39, 0.29) is 0 Å². The van der Waals surface area contributed by atoms with Crippen molar-refractivity contribution >= 4 is 11.6 Å². The molecule has 0 amide bonds. The molecule has 1 nitrogen and oxygen atoms in total. The molecule has 15 heavy (non-hydrogen) atoms. The van der Waals surface area contributed by atoms with Gasteiger partial charge in [0.25, 0.3) is 0 Å². The first-order valence-electron chi connectivity index (χ1n) is 5.74. The van der Waals surface area contributed by atoms with Crippen LogP contribution in [0.4, 0.5) is 0 Å². The minimum Gasteiger partial charge on any atom is -0.316 e. The molecule has 2 unspecified atom stereocenters. The Balaban J connectivity index is 2.24. The first-order valence-corrected chi connectivity index (χ1v) is 6.12. The third-order valence-electron chi connectivity index (χ3n) is 3.44. The van der Waals surface area contributed by atoms with Crippen LogP contribution in [0.25, 0.3) is 0 Å². The molecule has 82 valence electrons. The topological polar surface area (TPSA) is 12.0 Å². The fourth-order valence-corrected chi connectivity index (χ4v) is 2.90. The van der Waals surface area contributed by atoms with Crippen molar-refractivity contribution in [2.24, 2.45) is 0 Å². The Kier molecular flexibility index (Phi) is 3.66. The van der Waals surface area contributed by atoms with Crippen molar-refractivity contribution in [1.82, 2.24) is 5.32 Å². The maximum absolute atomic E-state index is 6.25. The molecule has 1 aliphatic rings. The third-order valence-corrected chi connectivity index (χ3v) is 3.79. The minimum absolute atomic E-state index is 0.595. The fraction of sp³-hybridized carbons (Fsp3) is 0.538. The van der Waals surface area contributed by atoms with Crippen molar-refractivity contribution in [2.75, 3.05) is 7.05 Å². The summed E-state index contributed by atoms with van der Waals surface area (Å²) in [5.74, 6) is 0.595. The molecular formula is C13H18ClN. The molecular weight excluding hydrogens is 206 g/mol. The summed E-state index contributed by atoms with van der Waals surface area (Å²) in [6.45, 7) is 0. The van der Waals surface area contributed by atoms with E-state index in [1.807, 2.05) is 12.1 Å². The van der Waals surface area contributed by atoms with Gasteiger partial charge in [0, 0.05) is 17.0 Å². The van der Waals surface area contributed by atoms with Gasteiger partial charge < -0.3 is 5.32 Å². The van der Waals surface area contributed by atoms with Gasteiger partial charge in [0.2, 0.25) is 0 Å². The summed E-state index contributed by atoms with van der Waals surface area (Å²) in [5.41, 5.74) is 1.32. The Morgan fingerprint density at radius 1 is 1.20 bits per heavy atom. The van der Waals surface area contributed by atoms with Gasteiger partial charge >= 0.3 is 0 Å². The number of rotatable bonds is 2. The smallest absolute Gasteiger partial charge is 0.0441 e. The van der Waals surface area contributed by atoms with Crippen LogP contribution in [-0.2, 0) is 0 Å². The molecule has 2 rings (SSSR count). The van der Waals surface area contributed by atoms with E-state index in [2.05, 4.69) is 24.5 Å². The molecule has 0 bridgehead atoms. The lowest BCUT2D eigenvalue weighted by atomic mass is 9.80. The van der Waals surface area contributed by atoms with Gasteiger partial charge in [0.1, 0.15) is 0 Å². The molecule has 0 aromatic heterocycles. The van der Waals surface area contributed by atoms with Gasteiger partial charge in [-0.25, -0.2) is 0 Å². The second-order valence-electron chi connectivity index (χ2n) is 4.31. The van der Waals surface area contributed by atoms with Gasteiger partial charge in [-0.1, -0.05) is 42.6 Å². The van der Waals surface area contributed by atoms with Crippen LogP contribution < -0.4 is 5.32 Å². The van der Waals surface area contributed by atoms with Gasteiger partial charge in [-0.05, 0) is 31.5 Å². The zero-order valence-electron chi connectivity index (χ0n) is 9.17. The van der Waals surface area contributed by atoms with Crippen LogP contribution in [0.2, 0.25) is 5.02 Å². The molecule has 1 aromatic rings. The van der Waals surface area contributed by atoms with E-state index in [1.165, 1.54) is 31.2 Å². The molecule has 2 atom stereocenters. The second-order valence-corrected chi connectivity index (χ2v) is 4.71. The van der Waals surface area contributed by atoms with E-state index in [4.69, 9.17) is 11.6 Å². The fourth-order valence-electron chi connectivity index (χ4n) is 2.62. The monoisotopic (exact) mass is 223 g/mol. The van der Waals surface area contributed by atoms with Crippen molar-refractivity contribution in [3.05, 3.63) is 34.9 Å². The van der Waals surface area contributed by atoms with Gasteiger partial charge in [-0.2, -0.15) is 0 Å². The minimum atomic E-state index is 0.595. The summed E-state index contributed by atoms with van der Waals surface area (Å²) in [7, 11) is 2.06. The highest BCUT2D eigenvalue weighted by atomic mass is 35.5. The molecule has 0 saturated heterocycles. The van der Waals surface area contributed by atoms with Crippen molar-refractivity contribution in [3.63, 3.8) is 0 Å². The average molecular weight is 224 g/mol. The maximum atomic E-state index is 6.25. The SMILES string of the molecule is CNC1CCCCC1c1ccccc1Cl. The predicted octanol–water partition coefficient (Wildman–Crippen LogP) is 3.59. The molecule has 1 saturated carbocycles. The number of hydrogen-bond acceptors (Lipinski definition) is 1. The molecule has 1 aromatic carbocycles. The van der Waals surface area contributed by atoms with Gasteiger partial charge in [0.05, 0.1) is 0 Å². The van der Waals surface area contributed by atoms with Crippen LogP contribution in [0.15, 0.2) is 24.3 Å². The highest BCUT2D eigenvalue weighted by Gasteiger charge is 2.26. The summed E-state index contributed by atoms with van der Waals surface area (Å²) in [6, 6.07) is 8.85. The molecule has 0 radical (unpaired) electrons. The van der Waals surface area contributed by atoms with E-state index < -0.39 is 0 Å². The highest BCUT2D eigenvalue weighted by molar-refractivity contribution is 6.31. The Morgan fingerprint density at radius 3 is 2.67 bits per heavy atom. The van der Waals surface area contributed by atoms with Crippen LogP contribution in [0.3, 0.4) is 0 Å². The first-order chi connectivity index (χ1) is 7.33. The lowest BCUT2D eigenvalue weighted by molar-refractivity contribution is 0.344. The zero-order valence-corrected chi connectivity index (χ0v) is 9.93. The number of nitrogens with one attached hydrogen (secondary N) is 1. The Morgan fingerprint density at radius 2 is 1.93 bits per heavy atom. The second kappa shape index (κ2) is 5.00. The first kappa shape index (κ1) is 11.0. The lowest BCUT2D eigenvalue weighted by Crippen LogP contribution is -2.34. The highest BCUT2D eigenvalue weighted by Crippen LogP contribution is 2.36. The van der Waals surface area contributed by atoms with Crippen LogP contribution in [-0.4, -0.2) is 13.1 Å². The largest absolute Gasteiger partial charge is 0.316 e. The third kappa shape index (κ3) is 2.35. The van der Waals surface area contributed by atoms with Crippen LogP contribution >= 0.6 is 11.6 Å². The molecule has 1 aliphatic carbocycles. The standard InChI is InChI=1S/C13H18ClN/c1-15-13-9-5-3-7-11(13)10-6-2-4-8-12(10)14/h2,4,6,8,11,13,15H,3,5,7,9H2,1H3. The maximum Gasteiger partial charge on any atom is 0.0441 e. The van der Waals surface area contributed by atoms with Crippen LogP contribution in [0.1, 0.15) is 37.2 Å². The summed E-state index contributed by atoms with van der Waals surface area (Å²) in [5, 5.41) is 4.34. The van der Waals surface area contributed by atoms with Crippen molar-refractivity contribution in [3.8, 4) is 0 Å². The molecule has 2 heteroatoms. The quantitative estimate of drug-likeness (QED) is 0.808. The van der Waals surface area contributed by atoms with Crippen molar-refractivity contribution in [1.29, 1.82) is 0 Å².